The van der Waals surface area contributed by atoms with Gasteiger partial charge in [-0.3, -0.25) is 9.69 Å². The van der Waals surface area contributed by atoms with E-state index >= 15 is 0 Å². The first-order valence-corrected chi connectivity index (χ1v) is 12.8. The molecule has 1 aliphatic heterocycles. The molecule has 0 saturated carbocycles. The van der Waals surface area contributed by atoms with Crippen molar-refractivity contribution < 1.29 is 27.1 Å². The summed E-state index contributed by atoms with van der Waals surface area (Å²) in [7, 11) is 0. The van der Waals surface area contributed by atoms with E-state index in [4.69, 9.17) is 4.74 Å². The molecule has 1 saturated heterocycles. The number of carbonyl (C=O) groups excluding carboxylic acids is 1. The SMILES string of the molecule is CCOCCN1CCN(C(=O)c2cnc(NCc3ccc(CNc4nccc(F)n4)cc3)nc2C(F)(F)F)CC1. The molecule has 214 valence electrons. The minimum Gasteiger partial charge on any atom is -0.380 e. The van der Waals surface area contributed by atoms with Crippen LogP contribution in [-0.4, -0.2) is 81.6 Å². The smallest absolute Gasteiger partial charge is 0.380 e. The minimum atomic E-state index is -4.83. The van der Waals surface area contributed by atoms with Crippen molar-refractivity contribution in [2.24, 2.45) is 0 Å². The number of hydrogen-bond acceptors (Lipinski definition) is 9. The van der Waals surface area contributed by atoms with Gasteiger partial charge in [0.15, 0.2) is 5.69 Å². The van der Waals surface area contributed by atoms with Crippen molar-refractivity contribution in [2.45, 2.75) is 26.2 Å². The van der Waals surface area contributed by atoms with Crippen LogP contribution >= 0.6 is 0 Å². The molecule has 1 amide bonds. The first-order valence-electron chi connectivity index (χ1n) is 12.8. The lowest BCUT2D eigenvalue weighted by molar-refractivity contribution is -0.141. The van der Waals surface area contributed by atoms with Gasteiger partial charge in [-0.05, 0) is 18.1 Å². The van der Waals surface area contributed by atoms with Gasteiger partial charge in [0.05, 0.1) is 12.2 Å². The number of hydrogen-bond donors (Lipinski definition) is 2. The molecule has 1 fully saturated rings. The number of benzene rings is 1. The Morgan fingerprint density at radius 3 is 2.15 bits per heavy atom. The lowest BCUT2D eigenvalue weighted by Crippen LogP contribution is -2.49. The van der Waals surface area contributed by atoms with Gasteiger partial charge in [-0.1, -0.05) is 24.3 Å². The number of ether oxygens (including phenoxy) is 1. The molecule has 4 rings (SSSR count). The van der Waals surface area contributed by atoms with Gasteiger partial charge in [0, 0.05) is 70.9 Å². The average Bonchev–Trinajstić information content (AvgIpc) is 2.95. The molecule has 0 aliphatic carbocycles. The molecule has 0 radical (unpaired) electrons. The first kappa shape index (κ1) is 29.1. The van der Waals surface area contributed by atoms with Crippen LogP contribution in [0.25, 0.3) is 0 Å². The summed E-state index contributed by atoms with van der Waals surface area (Å²) in [5.74, 6) is -1.46. The summed E-state index contributed by atoms with van der Waals surface area (Å²) >= 11 is 0. The quantitative estimate of drug-likeness (QED) is 0.206. The molecule has 1 aromatic carbocycles. The molecular formula is C26H30F4N8O2. The number of piperazine rings is 1. The Hall–Kier alpha value is -3.91. The van der Waals surface area contributed by atoms with Gasteiger partial charge in [0.25, 0.3) is 5.91 Å². The molecule has 14 heteroatoms. The van der Waals surface area contributed by atoms with Crippen molar-refractivity contribution >= 4 is 17.8 Å². The van der Waals surface area contributed by atoms with Crippen molar-refractivity contribution in [3.05, 3.63) is 71.1 Å². The molecule has 10 nitrogen and oxygen atoms in total. The van der Waals surface area contributed by atoms with Crippen LogP contribution in [0, 0.1) is 5.95 Å². The fourth-order valence-corrected chi connectivity index (χ4v) is 4.08. The van der Waals surface area contributed by atoms with E-state index in [1.807, 2.05) is 19.1 Å². The summed E-state index contributed by atoms with van der Waals surface area (Å²) in [6, 6.07) is 8.33. The molecule has 3 heterocycles. The largest absolute Gasteiger partial charge is 0.434 e. The van der Waals surface area contributed by atoms with Crippen LogP contribution in [0.4, 0.5) is 29.5 Å². The van der Waals surface area contributed by atoms with Gasteiger partial charge in [0.2, 0.25) is 17.8 Å². The lowest BCUT2D eigenvalue weighted by atomic mass is 10.1. The molecule has 0 bridgehead atoms. The number of nitrogens with one attached hydrogen (secondary N) is 2. The highest BCUT2D eigenvalue weighted by molar-refractivity contribution is 5.95. The first-order chi connectivity index (χ1) is 19.2. The average molecular weight is 563 g/mol. The maximum atomic E-state index is 13.9. The fraction of sp³-hybridized carbons (Fsp3) is 0.423. The van der Waals surface area contributed by atoms with Crippen LogP contribution in [0.3, 0.4) is 0 Å². The number of halogens is 4. The zero-order valence-electron chi connectivity index (χ0n) is 21.9. The van der Waals surface area contributed by atoms with Gasteiger partial charge in [-0.2, -0.15) is 22.5 Å². The van der Waals surface area contributed by atoms with Crippen LogP contribution < -0.4 is 10.6 Å². The van der Waals surface area contributed by atoms with E-state index in [2.05, 4.69) is 35.5 Å². The number of carbonyl (C=O) groups is 1. The normalized spacial score (nSPS) is 14.3. The highest BCUT2D eigenvalue weighted by Gasteiger charge is 2.39. The Morgan fingerprint density at radius 1 is 0.950 bits per heavy atom. The molecule has 1 aliphatic rings. The lowest BCUT2D eigenvalue weighted by Gasteiger charge is -2.34. The predicted octanol–water partition coefficient (Wildman–Crippen LogP) is 3.44. The Labute approximate surface area is 228 Å². The summed E-state index contributed by atoms with van der Waals surface area (Å²) < 4.78 is 60.1. The Morgan fingerprint density at radius 2 is 1.57 bits per heavy atom. The van der Waals surface area contributed by atoms with E-state index in [9.17, 15) is 22.4 Å². The van der Waals surface area contributed by atoms with E-state index in [1.165, 1.54) is 11.1 Å². The number of aromatic nitrogens is 4. The third-order valence-corrected chi connectivity index (χ3v) is 6.25. The molecule has 2 aromatic heterocycles. The second kappa shape index (κ2) is 13.4. The molecule has 0 unspecified atom stereocenters. The van der Waals surface area contributed by atoms with Crippen molar-refractivity contribution in [1.82, 2.24) is 29.7 Å². The second-order valence-electron chi connectivity index (χ2n) is 9.01. The number of amides is 1. The summed E-state index contributed by atoms with van der Waals surface area (Å²) in [6.07, 6.45) is -2.59. The number of alkyl halides is 3. The second-order valence-corrected chi connectivity index (χ2v) is 9.01. The van der Waals surface area contributed by atoms with Crippen LogP contribution in [0.2, 0.25) is 0 Å². The van der Waals surface area contributed by atoms with E-state index in [-0.39, 0.29) is 18.4 Å². The van der Waals surface area contributed by atoms with Gasteiger partial charge >= 0.3 is 6.18 Å². The Balaban J connectivity index is 1.34. The van der Waals surface area contributed by atoms with Crippen LogP contribution in [0.5, 0.6) is 0 Å². The number of nitrogens with zero attached hydrogens (tertiary/aromatic N) is 6. The van der Waals surface area contributed by atoms with Crippen LogP contribution in [0.15, 0.2) is 42.7 Å². The molecule has 2 N–H and O–H groups in total. The van der Waals surface area contributed by atoms with Crippen LogP contribution in [0.1, 0.15) is 34.1 Å². The Bertz CT molecular complexity index is 1270. The number of anilines is 2. The summed E-state index contributed by atoms with van der Waals surface area (Å²) in [5, 5.41) is 5.70. The Kier molecular flexibility index (Phi) is 9.77. The van der Waals surface area contributed by atoms with Crippen molar-refractivity contribution in [1.29, 1.82) is 0 Å². The molecular weight excluding hydrogens is 532 g/mol. The molecule has 3 aromatic rings. The summed E-state index contributed by atoms with van der Waals surface area (Å²) in [6.45, 7) is 6.03. The van der Waals surface area contributed by atoms with E-state index in [0.717, 1.165) is 23.4 Å². The maximum Gasteiger partial charge on any atom is 0.434 e. The molecule has 0 spiro atoms. The van der Waals surface area contributed by atoms with E-state index in [1.54, 1.807) is 12.1 Å². The van der Waals surface area contributed by atoms with Crippen LogP contribution in [-0.2, 0) is 24.0 Å². The summed E-state index contributed by atoms with van der Waals surface area (Å²) in [4.78, 5) is 31.7. The van der Waals surface area contributed by atoms with Crippen molar-refractivity contribution in [2.75, 3.05) is 56.6 Å². The van der Waals surface area contributed by atoms with E-state index < -0.39 is 29.3 Å². The monoisotopic (exact) mass is 562 g/mol. The third kappa shape index (κ3) is 8.05. The predicted molar refractivity (Wildman–Crippen MR) is 139 cm³/mol. The van der Waals surface area contributed by atoms with Gasteiger partial charge < -0.3 is 20.3 Å². The minimum absolute atomic E-state index is 0.157. The van der Waals surface area contributed by atoms with E-state index in [0.29, 0.717) is 52.5 Å². The standard InChI is InChI=1S/C26H30F4N8O2/c1-2-40-14-13-37-9-11-38(12-10-37)23(39)20-17-34-25(36-22(20)26(28,29)30)33-16-19-5-3-18(4-6-19)15-32-24-31-8-7-21(27)35-24/h3-8,17H,2,9-16H2,1H3,(H,31,32,35)(H,33,34,36). The summed E-state index contributed by atoms with van der Waals surface area (Å²) in [5.41, 5.74) is -0.204. The number of rotatable bonds is 11. The molecule has 40 heavy (non-hydrogen) atoms. The topological polar surface area (TPSA) is 108 Å². The fourth-order valence-electron chi connectivity index (χ4n) is 4.08. The van der Waals surface area contributed by atoms with Crippen molar-refractivity contribution in [3.8, 4) is 0 Å². The highest BCUT2D eigenvalue weighted by atomic mass is 19.4. The van der Waals surface area contributed by atoms with Crippen molar-refractivity contribution in [3.63, 3.8) is 0 Å². The van der Waals surface area contributed by atoms with Gasteiger partial charge in [0.1, 0.15) is 0 Å². The van der Waals surface area contributed by atoms with Gasteiger partial charge in [-0.25, -0.2) is 15.0 Å². The maximum absolute atomic E-state index is 13.9. The zero-order valence-corrected chi connectivity index (χ0v) is 21.9. The third-order valence-electron chi connectivity index (χ3n) is 6.25. The zero-order chi connectivity index (χ0) is 28.5. The highest BCUT2D eigenvalue weighted by Crippen LogP contribution is 2.31. The molecule has 0 atom stereocenters. The van der Waals surface area contributed by atoms with Gasteiger partial charge in [-0.15, -0.1) is 0 Å².